The van der Waals surface area contributed by atoms with Gasteiger partial charge in [-0.3, -0.25) is 4.79 Å². The summed E-state index contributed by atoms with van der Waals surface area (Å²) in [5.74, 6) is 1.16. The first-order valence-corrected chi connectivity index (χ1v) is 11.5. The Morgan fingerprint density at radius 2 is 2.00 bits per heavy atom. The van der Waals surface area contributed by atoms with E-state index in [4.69, 9.17) is 4.74 Å². The molecule has 0 radical (unpaired) electrons. The number of benzene rings is 2. The molecule has 1 aliphatic heterocycles. The fourth-order valence-corrected chi connectivity index (χ4v) is 5.11. The van der Waals surface area contributed by atoms with Crippen molar-refractivity contribution in [3.63, 3.8) is 0 Å². The van der Waals surface area contributed by atoms with Crippen molar-refractivity contribution in [2.24, 2.45) is 0 Å². The number of aromatic amines is 1. The van der Waals surface area contributed by atoms with Gasteiger partial charge in [-0.15, -0.1) is 0 Å². The summed E-state index contributed by atoms with van der Waals surface area (Å²) >= 11 is 0. The zero-order chi connectivity index (χ0) is 22.0. The normalized spacial score (nSPS) is 16.6. The van der Waals surface area contributed by atoms with Gasteiger partial charge in [0.05, 0.1) is 13.5 Å². The number of piperidine rings is 1. The highest BCUT2D eigenvalue weighted by Gasteiger charge is 2.27. The van der Waals surface area contributed by atoms with Crippen LogP contribution in [0.25, 0.3) is 10.9 Å². The molecule has 2 heterocycles. The van der Waals surface area contributed by atoms with Crippen molar-refractivity contribution >= 4 is 16.8 Å². The van der Waals surface area contributed by atoms with Crippen LogP contribution in [-0.2, 0) is 17.6 Å². The minimum absolute atomic E-state index is 0.263. The number of carbonyl (C=O) groups is 1. The Kier molecular flexibility index (Phi) is 6.35. The molecule has 1 amide bonds. The van der Waals surface area contributed by atoms with Crippen molar-refractivity contribution < 1.29 is 9.53 Å². The van der Waals surface area contributed by atoms with Crippen molar-refractivity contribution in [1.82, 2.24) is 9.88 Å². The number of methoxy groups -OCH3 is 1. The number of ether oxygens (including phenoxy) is 1. The molecule has 0 aliphatic carbocycles. The maximum absolute atomic E-state index is 13.4. The van der Waals surface area contributed by atoms with Gasteiger partial charge >= 0.3 is 0 Å². The fraction of sp³-hybridized carbons (Fsp3) is 0.444. The van der Waals surface area contributed by atoms with E-state index in [1.807, 2.05) is 12.1 Å². The number of carbonyl (C=O) groups excluding carboxylic acids is 1. The second-order valence-electron chi connectivity index (χ2n) is 9.04. The quantitative estimate of drug-likeness (QED) is 0.561. The van der Waals surface area contributed by atoms with E-state index in [9.17, 15) is 4.79 Å². The molecule has 1 fully saturated rings. The monoisotopic (exact) mass is 418 g/mol. The van der Waals surface area contributed by atoms with Crippen molar-refractivity contribution in [1.29, 1.82) is 0 Å². The van der Waals surface area contributed by atoms with E-state index < -0.39 is 0 Å². The van der Waals surface area contributed by atoms with E-state index >= 15 is 0 Å². The maximum atomic E-state index is 13.4. The van der Waals surface area contributed by atoms with E-state index in [-0.39, 0.29) is 5.91 Å². The third-order valence-electron chi connectivity index (χ3n) is 6.75. The Balaban J connectivity index is 1.50. The standard InChI is InChI=1S/C27H34N2O2/c1-18-14-19(2)27-25(15-18)24(20(3)28-27)17-26(30)29-13-6-5-9-22(29)12-11-21-8-7-10-23(16-21)31-4/h7-8,10,14-16,22,28H,5-6,9,11-13,17H2,1-4H3. The lowest BCUT2D eigenvalue weighted by atomic mass is 9.94. The van der Waals surface area contributed by atoms with Gasteiger partial charge in [-0.1, -0.05) is 23.8 Å². The second-order valence-corrected chi connectivity index (χ2v) is 9.04. The Morgan fingerprint density at radius 3 is 2.81 bits per heavy atom. The summed E-state index contributed by atoms with van der Waals surface area (Å²) in [6.07, 6.45) is 5.86. The third-order valence-corrected chi connectivity index (χ3v) is 6.75. The summed E-state index contributed by atoms with van der Waals surface area (Å²) in [7, 11) is 1.70. The molecular formula is C27H34N2O2. The first-order chi connectivity index (χ1) is 15.0. The number of likely N-dealkylation sites (tertiary alicyclic amines) is 1. The Bertz CT molecular complexity index is 1080. The Morgan fingerprint density at radius 1 is 1.16 bits per heavy atom. The number of hydrogen-bond donors (Lipinski definition) is 1. The molecule has 0 saturated carbocycles. The number of aryl methyl sites for hydroxylation is 4. The molecule has 1 saturated heterocycles. The summed E-state index contributed by atoms with van der Waals surface area (Å²) < 4.78 is 5.36. The average Bonchev–Trinajstić information content (AvgIpc) is 3.08. The lowest BCUT2D eigenvalue weighted by Crippen LogP contribution is -2.44. The van der Waals surface area contributed by atoms with Crippen LogP contribution in [0.15, 0.2) is 36.4 Å². The highest BCUT2D eigenvalue weighted by atomic mass is 16.5. The summed E-state index contributed by atoms with van der Waals surface area (Å²) in [6, 6.07) is 13.0. The number of amides is 1. The molecule has 1 unspecified atom stereocenters. The third kappa shape index (κ3) is 4.63. The first-order valence-electron chi connectivity index (χ1n) is 11.5. The van der Waals surface area contributed by atoms with E-state index in [0.717, 1.165) is 49.2 Å². The van der Waals surface area contributed by atoms with E-state index in [1.165, 1.54) is 34.0 Å². The highest BCUT2D eigenvalue weighted by molar-refractivity contribution is 5.92. The zero-order valence-corrected chi connectivity index (χ0v) is 19.3. The van der Waals surface area contributed by atoms with Crippen molar-refractivity contribution in [3.05, 3.63) is 64.3 Å². The molecule has 3 aromatic rings. The number of aromatic nitrogens is 1. The van der Waals surface area contributed by atoms with E-state index in [2.05, 4.69) is 54.9 Å². The van der Waals surface area contributed by atoms with Gasteiger partial charge in [-0.25, -0.2) is 0 Å². The van der Waals surface area contributed by atoms with E-state index in [1.54, 1.807) is 7.11 Å². The van der Waals surface area contributed by atoms with Gasteiger partial charge in [0.25, 0.3) is 0 Å². The van der Waals surface area contributed by atoms with Gasteiger partial charge in [0.1, 0.15) is 5.75 Å². The molecule has 1 atom stereocenters. The molecule has 4 nitrogen and oxygen atoms in total. The van der Waals surface area contributed by atoms with Gasteiger partial charge in [0.15, 0.2) is 0 Å². The molecule has 0 spiro atoms. The number of hydrogen-bond acceptors (Lipinski definition) is 2. The predicted octanol–water partition coefficient (Wildman–Crippen LogP) is 5.66. The Labute approximate surface area is 185 Å². The second kappa shape index (κ2) is 9.17. The van der Waals surface area contributed by atoms with Crippen LogP contribution < -0.4 is 4.74 Å². The maximum Gasteiger partial charge on any atom is 0.227 e. The smallest absolute Gasteiger partial charge is 0.227 e. The number of fused-ring (bicyclic) bond motifs is 1. The molecule has 2 aromatic carbocycles. The summed E-state index contributed by atoms with van der Waals surface area (Å²) in [5, 5.41) is 1.20. The van der Waals surface area contributed by atoms with Crippen LogP contribution in [0.3, 0.4) is 0 Å². The largest absolute Gasteiger partial charge is 0.497 e. The van der Waals surface area contributed by atoms with Crippen LogP contribution in [-0.4, -0.2) is 35.5 Å². The van der Waals surface area contributed by atoms with Crippen LogP contribution in [0.1, 0.15) is 53.6 Å². The van der Waals surface area contributed by atoms with Crippen molar-refractivity contribution in [2.45, 2.75) is 65.3 Å². The molecule has 0 bridgehead atoms. The van der Waals surface area contributed by atoms with Gasteiger partial charge in [0, 0.05) is 29.2 Å². The molecule has 4 heteroatoms. The number of rotatable bonds is 6. The number of H-pyrrole nitrogens is 1. The van der Waals surface area contributed by atoms with Crippen LogP contribution in [0.5, 0.6) is 5.75 Å². The van der Waals surface area contributed by atoms with Gasteiger partial charge in [-0.2, -0.15) is 0 Å². The molecule has 164 valence electrons. The topological polar surface area (TPSA) is 45.3 Å². The van der Waals surface area contributed by atoms with Gasteiger partial charge in [0.2, 0.25) is 5.91 Å². The summed E-state index contributed by atoms with van der Waals surface area (Å²) in [5.41, 5.74) is 7.19. The minimum Gasteiger partial charge on any atom is -0.497 e. The fourth-order valence-electron chi connectivity index (χ4n) is 5.11. The van der Waals surface area contributed by atoms with Crippen molar-refractivity contribution in [2.75, 3.05) is 13.7 Å². The predicted molar refractivity (Wildman–Crippen MR) is 127 cm³/mol. The molecule has 1 aliphatic rings. The summed E-state index contributed by atoms with van der Waals surface area (Å²) in [6.45, 7) is 7.23. The highest BCUT2D eigenvalue weighted by Crippen LogP contribution is 2.29. The number of nitrogens with one attached hydrogen (secondary N) is 1. The van der Waals surface area contributed by atoms with Crippen LogP contribution >= 0.6 is 0 Å². The molecule has 4 rings (SSSR count). The molecule has 31 heavy (non-hydrogen) atoms. The Hall–Kier alpha value is -2.75. The lowest BCUT2D eigenvalue weighted by Gasteiger charge is -2.36. The van der Waals surface area contributed by atoms with Crippen LogP contribution in [0, 0.1) is 20.8 Å². The summed E-state index contributed by atoms with van der Waals surface area (Å²) in [4.78, 5) is 19.1. The molecular weight excluding hydrogens is 384 g/mol. The number of nitrogens with zero attached hydrogens (tertiary/aromatic N) is 1. The van der Waals surface area contributed by atoms with Crippen molar-refractivity contribution in [3.8, 4) is 5.75 Å². The molecule has 1 aromatic heterocycles. The van der Waals surface area contributed by atoms with Crippen LogP contribution in [0.4, 0.5) is 0 Å². The van der Waals surface area contributed by atoms with Gasteiger partial charge in [-0.05, 0) is 87.8 Å². The SMILES string of the molecule is COc1cccc(CCC2CCCCN2C(=O)Cc2c(C)[nH]c3c(C)cc(C)cc23)c1. The first kappa shape index (κ1) is 21.5. The minimum atomic E-state index is 0.263. The lowest BCUT2D eigenvalue weighted by molar-refractivity contribution is -0.134. The van der Waals surface area contributed by atoms with Gasteiger partial charge < -0.3 is 14.6 Å². The molecule has 1 N–H and O–H groups in total. The van der Waals surface area contributed by atoms with Crippen LogP contribution in [0.2, 0.25) is 0 Å². The average molecular weight is 419 g/mol. The zero-order valence-electron chi connectivity index (χ0n) is 19.3. The van der Waals surface area contributed by atoms with E-state index in [0.29, 0.717) is 12.5 Å².